The van der Waals surface area contributed by atoms with Crippen molar-refractivity contribution in [2.75, 3.05) is 0 Å². The Bertz CT molecular complexity index is 226. The fourth-order valence-electron chi connectivity index (χ4n) is 1.34. The Morgan fingerprint density at radius 1 is 1.43 bits per heavy atom. The highest BCUT2D eigenvalue weighted by Gasteiger charge is 2.41. The first-order valence-corrected chi connectivity index (χ1v) is 5.35. The predicted molar refractivity (Wildman–Crippen MR) is 57.8 cm³/mol. The standard InChI is InChI=1S/C11H22N2O/c1-8(10(2,3)4)13-9(14)11(12)6-5-7-11/h8H,5-7,12H2,1-4H3,(H,13,14). The number of nitrogens with two attached hydrogens (primary N) is 1. The number of carbonyl (C=O) groups excluding carboxylic acids is 1. The number of hydrogen-bond acceptors (Lipinski definition) is 2. The lowest BCUT2D eigenvalue weighted by atomic mass is 9.76. The molecule has 82 valence electrons. The van der Waals surface area contributed by atoms with Crippen molar-refractivity contribution in [3.63, 3.8) is 0 Å². The number of nitrogens with one attached hydrogen (secondary N) is 1. The van der Waals surface area contributed by atoms with Gasteiger partial charge in [0.2, 0.25) is 5.91 Å². The highest BCUT2D eigenvalue weighted by atomic mass is 16.2. The van der Waals surface area contributed by atoms with Crippen molar-refractivity contribution >= 4 is 5.91 Å². The first-order chi connectivity index (χ1) is 6.26. The summed E-state index contributed by atoms with van der Waals surface area (Å²) >= 11 is 0. The van der Waals surface area contributed by atoms with E-state index in [0.29, 0.717) is 0 Å². The molecule has 0 spiro atoms. The van der Waals surface area contributed by atoms with Crippen molar-refractivity contribution in [1.82, 2.24) is 5.32 Å². The third-order valence-electron chi connectivity index (χ3n) is 3.34. The van der Waals surface area contributed by atoms with Gasteiger partial charge in [-0.15, -0.1) is 0 Å². The van der Waals surface area contributed by atoms with Crippen molar-refractivity contribution in [2.45, 2.75) is 58.5 Å². The molecule has 3 heteroatoms. The molecule has 3 N–H and O–H groups in total. The van der Waals surface area contributed by atoms with E-state index in [1.54, 1.807) is 0 Å². The van der Waals surface area contributed by atoms with Gasteiger partial charge in [0.1, 0.15) is 0 Å². The number of amides is 1. The van der Waals surface area contributed by atoms with Crippen LogP contribution in [-0.4, -0.2) is 17.5 Å². The minimum absolute atomic E-state index is 0.0196. The van der Waals surface area contributed by atoms with Gasteiger partial charge < -0.3 is 11.1 Å². The zero-order valence-electron chi connectivity index (χ0n) is 9.68. The molecule has 0 saturated heterocycles. The minimum atomic E-state index is -0.570. The summed E-state index contributed by atoms with van der Waals surface area (Å²) in [6.07, 6.45) is 2.74. The molecule has 1 amide bonds. The zero-order chi connectivity index (χ0) is 11.0. The average molecular weight is 198 g/mol. The average Bonchev–Trinajstić information content (AvgIpc) is 1.98. The Morgan fingerprint density at radius 3 is 2.21 bits per heavy atom. The second-order valence-electron chi connectivity index (χ2n) is 5.57. The highest BCUT2D eigenvalue weighted by molar-refractivity contribution is 5.87. The van der Waals surface area contributed by atoms with E-state index in [1.165, 1.54) is 0 Å². The van der Waals surface area contributed by atoms with E-state index in [4.69, 9.17) is 5.73 Å². The maximum Gasteiger partial charge on any atom is 0.240 e. The molecule has 1 rings (SSSR count). The second-order valence-corrected chi connectivity index (χ2v) is 5.57. The Morgan fingerprint density at radius 2 is 1.93 bits per heavy atom. The van der Waals surface area contributed by atoms with Gasteiger partial charge in [-0.3, -0.25) is 4.79 Å². The van der Waals surface area contributed by atoms with Crippen LogP contribution in [0.1, 0.15) is 47.0 Å². The van der Waals surface area contributed by atoms with Crippen LogP contribution in [0.25, 0.3) is 0 Å². The molecule has 0 aromatic carbocycles. The second kappa shape index (κ2) is 3.54. The number of hydrogen-bond donors (Lipinski definition) is 2. The van der Waals surface area contributed by atoms with Gasteiger partial charge in [-0.05, 0) is 31.6 Å². The molecule has 1 unspecified atom stereocenters. The molecule has 1 saturated carbocycles. The zero-order valence-corrected chi connectivity index (χ0v) is 9.68. The molecule has 0 bridgehead atoms. The first kappa shape index (κ1) is 11.5. The smallest absolute Gasteiger partial charge is 0.240 e. The summed E-state index contributed by atoms with van der Waals surface area (Å²) in [5.74, 6) is 0.0196. The van der Waals surface area contributed by atoms with E-state index in [1.807, 2.05) is 6.92 Å². The fraction of sp³-hybridized carbons (Fsp3) is 0.909. The molecular weight excluding hydrogens is 176 g/mol. The Kier molecular flexibility index (Phi) is 2.91. The molecule has 1 aliphatic carbocycles. The molecule has 1 atom stereocenters. The molecule has 0 heterocycles. The number of rotatable bonds is 2. The monoisotopic (exact) mass is 198 g/mol. The van der Waals surface area contributed by atoms with Gasteiger partial charge in [0.05, 0.1) is 5.54 Å². The summed E-state index contributed by atoms with van der Waals surface area (Å²) in [7, 11) is 0. The third-order valence-corrected chi connectivity index (χ3v) is 3.34. The summed E-state index contributed by atoms with van der Waals surface area (Å²) in [4.78, 5) is 11.8. The van der Waals surface area contributed by atoms with Crippen LogP contribution in [0.3, 0.4) is 0 Å². The van der Waals surface area contributed by atoms with E-state index in [2.05, 4.69) is 26.1 Å². The van der Waals surface area contributed by atoms with E-state index < -0.39 is 5.54 Å². The van der Waals surface area contributed by atoms with E-state index in [-0.39, 0.29) is 17.4 Å². The van der Waals surface area contributed by atoms with Crippen LogP contribution in [-0.2, 0) is 4.79 Å². The third kappa shape index (κ3) is 2.27. The lowest BCUT2D eigenvalue weighted by Gasteiger charge is -2.39. The maximum atomic E-state index is 11.8. The Hall–Kier alpha value is -0.570. The van der Waals surface area contributed by atoms with Crippen LogP contribution in [0, 0.1) is 5.41 Å². The van der Waals surface area contributed by atoms with Gasteiger partial charge in [-0.2, -0.15) is 0 Å². The summed E-state index contributed by atoms with van der Waals surface area (Å²) in [5, 5.41) is 3.00. The molecule has 0 aromatic rings. The van der Waals surface area contributed by atoms with Crippen LogP contribution >= 0.6 is 0 Å². The first-order valence-electron chi connectivity index (χ1n) is 5.35. The van der Waals surface area contributed by atoms with Gasteiger partial charge in [0.15, 0.2) is 0 Å². The van der Waals surface area contributed by atoms with Crippen molar-refractivity contribution < 1.29 is 4.79 Å². The topological polar surface area (TPSA) is 55.1 Å². The molecular formula is C11H22N2O. The molecule has 0 aromatic heterocycles. The van der Waals surface area contributed by atoms with Gasteiger partial charge in [-0.25, -0.2) is 0 Å². The largest absolute Gasteiger partial charge is 0.352 e. The quantitative estimate of drug-likeness (QED) is 0.705. The fourth-order valence-corrected chi connectivity index (χ4v) is 1.34. The normalized spacial score (nSPS) is 22.4. The lowest BCUT2D eigenvalue weighted by molar-refractivity contribution is -0.130. The Balaban J connectivity index is 2.49. The summed E-state index contributed by atoms with van der Waals surface area (Å²) < 4.78 is 0. The van der Waals surface area contributed by atoms with Gasteiger partial charge in [0, 0.05) is 6.04 Å². The molecule has 3 nitrogen and oxygen atoms in total. The van der Waals surface area contributed by atoms with Gasteiger partial charge in [0.25, 0.3) is 0 Å². The summed E-state index contributed by atoms with van der Waals surface area (Å²) in [6.45, 7) is 8.37. The minimum Gasteiger partial charge on any atom is -0.352 e. The van der Waals surface area contributed by atoms with Crippen molar-refractivity contribution in [3.8, 4) is 0 Å². The van der Waals surface area contributed by atoms with Crippen molar-refractivity contribution in [3.05, 3.63) is 0 Å². The van der Waals surface area contributed by atoms with E-state index >= 15 is 0 Å². The molecule has 14 heavy (non-hydrogen) atoms. The lowest BCUT2D eigenvalue weighted by Crippen LogP contribution is -2.61. The van der Waals surface area contributed by atoms with Crippen LogP contribution in [0.2, 0.25) is 0 Å². The van der Waals surface area contributed by atoms with Crippen LogP contribution in [0.5, 0.6) is 0 Å². The molecule has 1 aliphatic rings. The predicted octanol–water partition coefficient (Wildman–Crippen LogP) is 1.42. The van der Waals surface area contributed by atoms with Gasteiger partial charge >= 0.3 is 0 Å². The molecule has 0 radical (unpaired) electrons. The van der Waals surface area contributed by atoms with E-state index in [0.717, 1.165) is 19.3 Å². The van der Waals surface area contributed by atoms with Crippen molar-refractivity contribution in [2.24, 2.45) is 11.1 Å². The molecule has 1 fully saturated rings. The van der Waals surface area contributed by atoms with Crippen LogP contribution in [0.15, 0.2) is 0 Å². The summed E-state index contributed by atoms with van der Waals surface area (Å²) in [5.41, 5.74) is 5.45. The highest BCUT2D eigenvalue weighted by Crippen LogP contribution is 2.30. The van der Waals surface area contributed by atoms with Crippen LogP contribution < -0.4 is 11.1 Å². The van der Waals surface area contributed by atoms with Crippen molar-refractivity contribution in [1.29, 1.82) is 0 Å². The molecule has 0 aliphatic heterocycles. The number of carbonyl (C=O) groups is 1. The maximum absolute atomic E-state index is 11.8. The van der Waals surface area contributed by atoms with E-state index in [9.17, 15) is 4.79 Å². The summed E-state index contributed by atoms with van der Waals surface area (Å²) in [6, 6.07) is 0.163. The van der Waals surface area contributed by atoms with Gasteiger partial charge in [-0.1, -0.05) is 20.8 Å². The Labute approximate surface area is 86.4 Å². The van der Waals surface area contributed by atoms with Crippen LogP contribution in [0.4, 0.5) is 0 Å². The SMILES string of the molecule is CC(NC(=O)C1(N)CCC1)C(C)(C)C.